The maximum absolute atomic E-state index is 10.5. The number of hydrogen-bond acceptors (Lipinski definition) is 3. The summed E-state index contributed by atoms with van der Waals surface area (Å²) in [4.78, 5) is 10.1. The van der Waals surface area contributed by atoms with E-state index in [9.17, 15) is 10.1 Å². The Morgan fingerprint density at radius 2 is 2.31 bits per heavy atom. The molecule has 0 fully saturated rings. The van der Waals surface area contributed by atoms with E-state index in [4.69, 9.17) is 6.42 Å². The molecule has 0 aliphatic carbocycles. The second-order valence-electron chi connectivity index (χ2n) is 3.16. The zero-order chi connectivity index (χ0) is 12.0. The van der Waals surface area contributed by atoms with Crippen LogP contribution >= 0.6 is 15.9 Å². The highest BCUT2D eigenvalue weighted by Gasteiger charge is 2.08. The van der Waals surface area contributed by atoms with Crippen molar-refractivity contribution in [3.05, 3.63) is 32.8 Å². The Bertz CT molecular complexity index is 426. The molecule has 0 unspecified atom stereocenters. The van der Waals surface area contributed by atoms with Gasteiger partial charge in [-0.1, -0.05) is 0 Å². The van der Waals surface area contributed by atoms with Crippen molar-refractivity contribution in [1.82, 2.24) is 0 Å². The number of hydrogen-bond donors (Lipinski definition) is 1. The Hall–Kier alpha value is -1.54. The van der Waals surface area contributed by atoms with Crippen LogP contribution < -0.4 is 5.32 Å². The zero-order valence-corrected chi connectivity index (χ0v) is 10.2. The first-order valence-corrected chi connectivity index (χ1v) is 5.55. The van der Waals surface area contributed by atoms with E-state index < -0.39 is 4.92 Å². The number of nitrogens with one attached hydrogen (secondary N) is 1. The fourth-order valence-corrected chi connectivity index (χ4v) is 1.68. The first kappa shape index (κ1) is 12.5. The number of anilines is 1. The lowest BCUT2D eigenvalue weighted by Crippen LogP contribution is -2.01. The highest BCUT2D eigenvalue weighted by atomic mass is 79.9. The topological polar surface area (TPSA) is 55.2 Å². The third-order valence-corrected chi connectivity index (χ3v) is 2.63. The number of terminal acetylenes is 1. The third kappa shape index (κ3) is 3.55. The highest BCUT2D eigenvalue weighted by Crippen LogP contribution is 2.26. The van der Waals surface area contributed by atoms with Gasteiger partial charge in [-0.3, -0.25) is 10.1 Å². The SMILES string of the molecule is C#CCCCNc1ccc([N+](=O)[O-])cc1Br. The summed E-state index contributed by atoms with van der Waals surface area (Å²) in [5.74, 6) is 2.55. The Balaban J connectivity index is 2.62. The highest BCUT2D eigenvalue weighted by molar-refractivity contribution is 9.10. The average molecular weight is 283 g/mol. The average Bonchev–Trinajstić information content (AvgIpc) is 2.26. The van der Waals surface area contributed by atoms with Crippen molar-refractivity contribution in [2.45, 2.75) is 12.8 Å². The molecule has 4 nitrogen and oxygen atoms in total. The Labute approximate surface area is 102 Å². The molecule has 0 bridgehead atoms. The minimum Gasteiger partial charge on any atom is -0.384 e. The van der Waals surface area contributed by atoms with E-state index in [1.807, 2.05) is 0 Å². The first-order valence-electron chi connectivity index (χ1n) is 4.76. The van der Waals surface area contributed by atoms with Crippen molar-refractivity contribution >= 4 is 27.3 Å². The Morgan fingerprint density at radius 3 is 2.88 bits per heavy atom. The quantitative estimate of drug-likeness (QED) is 0.391. The summed E-state index contributed by atoms with van der Waals surface area (Å²) in [6, 6.07) is 4.62. The largest absolute Gasteiger partial charge is 0.384 e. The predicted octanol–water partition coefficient (Wildman–Crippen LogP) is 3.18. The standard InChI is InChI=1S/C11H11BrN2O2/c1-2-3-4-7-13-11-6-5-9(14(15)16)8-10(11)12/h1,5-6,8,13H,3-4,7H2. The number of nitro benzene ring substituents is 1. The normalized spacial score (nSPS) is 9.50. The van der Waals surface area contributed by atoms with Crippen LogP contribution in [-0.2, 0) is 0 Å². The Kier molecular flexibility index (Phi) is 4.80. The molecule has 1 aromatic carbocycles. The molecular formula is C11H11BrN2O2. The molecule has 1 aromatic rings. The van der Waals surface area contributed by atoms with Crippen molar-refractivity contribution in [2.75, 3.05) is 11.9 Å². The zero-order valence-electron chi connectivity index (χ0n) is 8.57. The van der Waals surface area contributed by atoms with Gasteiger partial charge in [0.05, 0.1) is 4.92 Å². The van der Waals surface area contributed by atoms with Crippen LogP contribution in [0.4, 0.5) is 11.4 Å². The number of benzene rings is 1. The van der Waals surface area contributed by atoms with Crippen LogP contribution in [0.15, 0.2) is 22.7 Å². The maximum Gasteiger partial charge on any atom is 0.270 e. The van der Waals surface area contributed by atoms with Gasteiger partial charge in [0.15, 0.2) is 0 Å². The number of rotatable bonds is 5. The second-order valence-corrected chi connectivity index (χ2v) is 4.01. The number of halogens is 1. The van der Waals surface area contributed by atoms with Gasteiger partial charge >= 0.3 is 0 Å². The van der Waals surface area contributed by atoms with Gasteiger partial charge in [-0.2, -0.15) is 0 Å². The lowest BCUT2D eigenvalue weighted by atomic mass is 10.2. The van der Waals surface area contributed by atoms with Gasteiger partial charge in [-0.15, -0.1) is 12.3 Å². The van der Waals surface area contributed by atoms with Crippen LogP contribution in [0.3, 0.4) is 0 Å². The van der Waals surface area contributed by atoms with Gasteiger partial charge < -0.3 is 5.32 Å². The van der Waals surface area contributed by atoms with Crippen molar-refractivity contribution < 1.29 is 4.92 Å². The van der Waals surface area contributed by atoms with Crippen LogP contribution in [0, 0.1) is 22.5 Å². The van der Waals surface area contributed by atoms with E-state index in [2.05, 4.69) is 27.2 Å². The summed E-state index contributed by atoms with van der Waals surface area (Å²) < 4.78 is 0.683. The monoisotopic (exact) mass is 282 g/mol. The fraction of sp³-hybridized carbons (Fsp3) is 0.273. The fourth-order valence-electron chi connectivity index (χ4n) is 1.17. The predicted molar refractivity (Wildman–Crippen MR) is 67.4 cm³/mol. The van der Waals surface area contributed by atoms with Gasteiger partial charge in [0, 0.05) is 35.3 Å². The lowest BCUT2D eigenvalue weighted by molar-refractivity contribution is -0.384. The molecule has 1 N–H and O–H groups in total. The van der Waals surface area contributed by atoms with Crippen molar-refractivity contribution in [2.24, 2.45) is 0 Å². The lowest BCUT2D eigenvalue weighted by Gasteiger charge is -2.06. The van der Waals surface area contributed by atoms with Gasteiger partial charge in [0.25, 0.3) is 5.69 Å². The van der Waals surface area contributed by atoms with Crippen LogP contribution in [0.25, 0.3) is 0 Å². The number of unbranched alkanes of at least 4 members (excludes halogenated alkanes) is 1. The van der Waals surface area contributed by atoms with Crippen LogP contribution in [0.1, 0.15) is 12.8 Å². The molecule has 0 aliphatic rings. The van der Waals surface area contributed by atoms with E-state index >= 15 is 0 Å². The maximum atomic E-state index is 10.5. The number of nitro groups is 1. The van der Waals surface area contributed by atoms with E-state index in [-0.39, 0.29) is 5.69 Å². The van der Waals surface area contributed by atoms with Gasteiger partial charge in [-0.25, -0.2) is 0 Å². The van der Waals surface area contributed by atoms with E-state index in [0.29, 0.717) is 4.47 Å². The van der Waals surface area contributed by atoms with Crippen LogP contribution in [0.2, 0.25) is 0 Å². The summed E-state index contributed by atoms with van der Waals surface area (Å²) in [6.45, 7) is 0.751. The minimum absolute atomic E-state index is 0.0704. The molecule has 0 spiro atoms. The second kappa shape index (κ2) is 6.13. The molecule has 0 aliphatic heterocycles. The molecule has 16 heavy (non-hydrogen) atoms. The molecule has 0 radical (unpaired) electrons. The molecule has 0 aromatic heterocycles. The minimum atomic E-state index is -0.424. The molecule has 1 rings (SSSR count). The van der Waals surface area contributed by atoms with Crippen LogP contribution in [0.5, 0.6) is 0 Å². The number of nitrogens with zero attached hydrogens (tertiary/aromatic N) is 1. The van der Waals surface area contributed by atoms with Gasteiger partial charge in [-0.05, 0) is 28.4 Å². The summed E-state index contributed by atoms with van der Waals surface area (Å²) in [5, 5.41) is 13.7. The van der Waals surface area contributed by atoms with E-state index in [0.717, 1.165) is 25.1 Å². The molecular weight excluding hydrogens is 272 g/mol. The smallest absolute Gasteiger partial charge is 0.270 e. The summed E-state index contributed by atoms with van der Waals surface area (Å²) in [7, 11) is 0. The summed E-state index contributed by atoms with van der Waals surface area (Å²) in [5.41, 5.74) is 0.906. The molecule has 5 heteroatoms. The molecule has 0 amide bonds. The Morgan fingerprint density at radius 1 is 1.56 bits per heavy atom. The first-order chi connectivity index (χ1) is 7.65. The molecule has 0 heterocycles. The van der Waals surface area contributed by atoms with E-state index in [1.54, 1.807) is 6.07 Å². The number of non-ortho nitro benzene ring substituents is 1. The molecule has 0 saturated heterocycles. The van der Waals surface area contributed by atoms with Crippen molar-refractivity contribution in [1.29, 1.82) is 0 Å². The molecule has 0 atom stereocenters. The van der Waals surface area contributed by atoms with Crippen molar-refractivity contribution in [3.8, 4) is 12.3 Å². The summed E-state index contributed by atoms with van der Waals surface area (Å²) in [6.07, 6.45) is 6.72. The van der Waals surface area contributed by atoms with Gasteiger partial charge in [0.1, 0.15) is 0 Å². The van der Waals surface area contributed by atoms with Gasteiger partial charge in [0.2, 0.25) is 0 Å². The third-order valence-electron chi connectivity index (χ3n) is 1.98. The van der Waals surface area contributed by atoms with E-state index in [1.165, 1.54) is 12.1 Å². The molecule has 84 valence electrons. The summed E-state index contributed by atoms with van der Waals surface area (Å²) >= 11 is 3.28. The van der Waals surface area contributed by atoms with Crippen molar-refractivity contribution in [3.63, 3.8) is 0 Å². The molecule has 0 saturated carbocycles. The van der Waals surface area contributed by atoms with Crippen LogP contribution in [-0.4, -0.2) is 11.5 Å².